The van der Waals surface area contributed by atoms with E-state index in [1.54, 1.807) is 20.2 Å². The quantitative estimate of drug-likeness (QED) is 0.906. The smallest absolute Gasteiger partial charge is 0.225 e. The van der Waals surface area contributed by atoms with Crippen LogP contribution < -0.4 is 14.8 Å². The highest BCUT2D eigenvalue weighted by Crippen LogP contribution is 2.32. The summed E-state index contributed by atoms with van der Waals surface area (Å²) in [5.74, 6) is 2.37. The van der Waals surface area contributed by atoms with E-state index in [0.717, 1.165) is 12.1 Å². The van der Waals surface area contributed by atoms with Crippen LogP contribution in [0.15, 0.2) is 24.3 Å². The van der Waals surface area contributed by atoms with Crippen LogP contribution in [0.2, 0.25) is 0 Å². The fourth-order valence-electron chi connectivity index (χ4n) is 1.83. The highest BCUT2D eigenvalue weighted by atomic mass is 16.5. The summed E-state index contributed by atoms with van der Waals surface area (Å²) in [6.07, 6.45) is 0.952. The molecular weight excluding hydrogens is 254 g/mol. The molecule has 106 valence electrons. The molecule has 0 saturated heterocycles. The van der Waals surface area contributed by atoms with Crippen LogP contribution in [0.3, 0.4) is 0 Å². The first-order valence-electron chi connectivity index (χ1n) is 6.54. The number of nitrogens with zero attached hydrogens (tertiary/aromatic N) is 2. The zero-order chi connectivity index (χ0) is 14.5. The van der Waals surface area contributed by atoms with Crippen LogP contribution in [-0.2, 0) is 6.42 Å². The van der Waals surface area contributed by atoms with Gasteiger partial charge in [0.1, 0.15) is 0 Å². The summed E-state index contributed by atoms with van der Waals surface area (Å²) in [7, 11) is 3.40. The van der Waals surface area contributed by atoms with Crippen molar-refractivity contribution >= 4 is 5.95 Å². The van der Waals surface area contributed by atoms with Crippen molar-refractivity contribution in [2.24, 2.45) is 0 Å². The van der Waals surface area contributed by atoms with E-state index in [4.69, 9.17) is 9.47 Å². The van der Waals surface area contributed by atoms with E-state index in [9.17, 15) is 0 Å². The molecule has 2 aromatic rings. The topological polar surface area (TPSA) is 56.3 Å². The molecule has 0 aliphatic carbocycles. The van der Waals surface area contributed by atoms with Gasteiger partial charge in [0, 0.05) is 18.8 Å². The standard InChI is InChI=1S/C15H19N3O2/c1-5-11-6-7-12(13(9-11)19-4)20-14-8-10(2)17-15(16-3)18-14/h6-9H,5H2,1-4H3,(H,16,17,18). The van der Waals surface area contributed by atoms with Gasteiger partial charge in [0.15, 0.2) is 11.5 Å². The van der Waals surface area contributed by atoms with Gasteiger partial charge in [0.2, 0.25) is 11.8 Å². The van der Waals surface area contributed by atoms with E-state index in [0.29, 0.717) is 23.3 Å². The molecule has 0 saturated carbocycles. The number of methoxy groups -OCH3 is 1. The Morgan fingerprint density at radius 1 is 1.15 bits per heavy atom. The fourth-order valence-corrected chi connectivity index (χ4v) is 1.83. The largest absolute Gasteiger partial charge is 0.493 e. The van der Waals surface area contributed by atoms with Crippen LogP contribution in [0.25, 0.3) is 0 Å². The molecular formula is C15H19N3O2. The number of aryl methyl sites for hydroxylation is 2. The van der Waals surface area contributed by atoms with Crippen molar-refractivity contribution in [1.82, 2.24) is 9.97 Å². The number of benzene rings is 1. The number of hydrogen-bond donors (Lipinski definition) is 1. The minimum atomic E-state index is 0.490. The van der Waals surface area contributed by atoms with E-state index in [1.165, 1.54) is 5.56 Å². The van der Waals surface area contributed by atoms with E-state index in [2.05, 4.69) is 22.2 Å². The zero-order valence-corrected chi connectivity index (χ0v) is 12.2. The summed E-state index contributed by atoms with van der Waals surface area (Å²) in [5, 5.41) is 2.91. The highest BCUT2D eigenvalue weighted by Gasteiger charge is 2.09. The Kier molecular flexibility index (Phi) is 4.40. The van der Waals surface area contributed by atoms with Gasteiger partial charge in [-0.05, 0) is 31.0 Å². The van der Waals surface area contributed by atoms with Crippen molar-refractivity contribution in [2.75, 3.05) is 19.5 Å². The summed E-state index contributed by atoms with van der Waals surface area (Å²) in [4.78, 5) is 8.50. The predicted molar refractivity (Wildman–Crippen MR) is 78.8 cm³/mol. The van der Waals surface area contributed by atoms with E-state index < -0.39 is 0 Å². The Morgan fingerprint density at radius 3 is 2.60 bits per heavy atom. The zero-order valence-electron chi connectivity index (χ0n) is 12.2. The van der Waals surface area contributed by atoms with Gasteiger partial charge < -0.3 is 14.8 Å². The Morgan fingerprint density at radius 2 is 1.95 bits per heavy atom. The van der Waals surface area contributed by atoms with Gasteiger partial charge in [0.05, 0.1) is 7.11 Å². The molecule has 1 aromatic heterocycles. The van der Waals surface area contributed by atoms with Gasteiger partial charge in [-0.25, -0.2) is 4.98 Å². The van der Waals surface area contributed by atoms with Crippen LogP contribution in [0.4, 0.5) is 5.95 Å². The third-order valence-electron chi connectivity index (χ3n) is 2.91. The molecule has 1 N–H and O–H groups in total. The molecule has 0 aliphatic rings. The lowest BCUT2D eigenvalue weighted by molar-refractivity contribution is 0.373. The maximum absolute atomic E-state index is 5.81. The SMILES string of the molecule is CCc1ccc(Oc2cc(C)nc(NC)n2)c(OC)c1. The summed E-state index contributed by atoms with van der Waals surface area (Å²) in [5.41, 5.74) is 2.03. The van der Waals surface area contributed by atoms with Crippen LogP contribution in [-0.4, -0.2) is 24.1 Å². The average molecular weight is 273 g/mol. The van der Waals surface area contributed by atoms with Gasteiger partial charge in [-0.1, -0.05) is 13.0 Å². The molecule has 0 radical (unpaired) electrons. The number of ether oxygens (including phenoxy) is 2. The van der Waals surface area contributed by atoms with E-state index in [-0.39, 0.29) is 0 Å². The number of aromatic nitrogens is 2. The lowest BCUT2D eigenvalue weighted by Crippen LogP contribution is -2.00. The predicted octanol–water partition coefficient (Wildman–Crippen LogP) is 3.19. The van der Waals surface area contributed by atoms with Crippen molar-refractivity contribution in [1.29, 1.82) is 0 Å². The normalized spacial score (nSPS) is 10.2. The lowest BCUT2D eigenvalue weighted by Gasteiger charge is -2.11. The first-order chi connectivity index (χ1) is 9.66. The number of anilines is 1. The maximum Gasteiger partial charge on any atom is 0.225 e. The summed E-state index contributed by atoms with van der Waals surface area (Å²) >= 11 is 0. The van der Waals surface area contributed by atoms with Gasteiger partial charge in [-0.15, -0.1) is 0 Å². The Balaban J connectivity index is 2.31. The minimum absolute atomic E-state index is 0.490. The van der Waals surface area contributed by atoms with Crippen molar-refractivity contribution in [2.45, 2.75) is 20.3 Å². The van der Waals surface area contributed by atoms with E-state index in [1.807, 2.05) is 25.1 Å². The second-order valence-electron chi connectivity index (χ2n) is 4.36. The van der Waals surface area contributed by atoms with Gasteiger partial charge in [-0.2, -0.15) is 4.98 Å². The Labute approximate surface area is 119 Å². The molecule has 1 aromatic carbocycles. The monoisotopic (exact) mass is 273 g/mol. The molecule has 0 amide bonds. The third kappa shape index (κ3) is 3.17. The van der Waals surface area contributed by atoms with Crippen LogP contribution in [0.1, 0.15) is 18.2 Å². The molecule has 20 heavy (non-hydrogen) atoms. The molecule has 5 nitrogen and oxygen atoms in total. The second-order valence-corrected chi connectivity index (χ2v) is 4.36. The molecule has 1 heterocycles. The average Bonchev–Trinajstić information content (AvgIpc) is 2.47. The van der Waals surface area contributed by atoms with Crippen molar-refractivity contribution in [3.05, 3.63) is 35.5 Å². The highest BCUT2D eigenvalue weighted by molar-refractivity contribution is 5.45. The maximum atomic E-state index is 5.81. The second kappa shape index (κ2) is 6.23. The number of rotatable bonds is 5. The number of hydrogen-bond acceptors (Lipinski definition) is 5. The molecule has 0 unspecified atom stereocenters. The molecule has 0 fully saturated rings. The summed E-state index contributed by atoms with van der Waals surface area (Å²) in [6, 6.07) is 7.68. The van der Waals surface area contributed by atoms with Gasteiger partial charge in [0.25, 0.3) is 0 Å². The summed E-state index contributed by atoms with van der Waals surface area (Å²) in [6.45, 7) is 4.00. The van der Waals surface area contributed by atoms with Crippen LogP contribution >= 0.6 is 0 Å². The molecule has 0 atom stereocenters. The molecule has 5 heteroatoms. The Hall–Kier alpha value is -2.30. The van der Waals surface area contributed by atoms with Crippen LogP contribution in [0.5, 0.6) is 17.4 Å². The van der Waals surface area contributed by atoms with E-state index >= 15 is 0 Å². The van der Waals surface area contributed by atoms with Gasteiger partial charge >= 0.3 is 0 Å². The summed E-state index contributed by atoms with van der Waals surface area (Å²) < 4.78 is 11.2. The lowest BCUT2D eigenvalue weighted by atomic mass is 10.1. The van der Waals surface area contributed by atoms with Crippen molar-refractivity contribution < 1.29 is 9.47 Å². The first kappa shape index (κ1) is 14.1. The Bertz CT molecular complexity index is 600. The number of nitrogens with one attached hydrogen (secondary N) is 1. The first-order valence-corrected chi connectivity index (χ1v) is 6.54. The molecule has 2 rings (SSSR count). The van der Waals surface area contributed by atoms with Crippen LogP contribution in [0, 0.1) is 6.92 Å². The van der Waals surface area contributed by atoms with Crippen molar-refractivity contribution in [3.63, 3.8) is 0 Å². The fraction of sp³-hybridized carbons (Fsp3) is 0.333. The van der Waals surface area contributed by atoms with Gasteiger partial charge in [-0.3, -0.25) is 0 Å². The molecule has 0 aliphatic heterocycles. The minimum Gasteiger partial charge on any atom is -0.493 e. The molecule has 0 bridgehead atoms. The molecule has 0 spiro atoms. The third-order valence-corrected chi connectivity index (χ3v) is 2.91. The van der Waals surface area contributed by atoms with Crippen molar-refractivity contribution in [3.8, 4) is 17.4 Å².